The first-order valence-corrected chi connectivity index (χ1v) is 13.3. The van der Waals surface area contributed by atoms with E-state index < -0.39 is 4.88 Å². The molecule has 0 aliphatic carbocycles. The number of nitrogen functional groups attached to an aromatic ring is 1. The molecule has 35 heavy (non-hydrogen) atoms. The predicted octanol–water partition coefficient (Wildman–Crippen LogP) is 6.33. The van der Waals surface area contributed by atoms with Crippen molar-refractivity contribution in [2.24, 2.45) is 4.99 Å². The summed E-state index contributed by atoms with van der Waals surface area (Å²) in [6.07, 6.45) is 5.32. The summed E-state index contributed by atoms with van der Waals surface area (Å²) in [6, 6.07) is 15.1. The van der Waals surface area contributed by atoms with Crippen LogP contribution in [0, 0.1) is 0 Å². The molecule has 2 aromatic rings. The van der Waals surface area contributed by atoms with Crippen molar-refractivity contribution < 1.29 is 12.2 Å². The summed E-state index contributed by atoms with van der Waals surface area (Å²) in [6.45, 7) is 8.44. The lowest BCUT2D eigenvalue weighted by atomic mass is 10.3. The molecule has 2 aromatic carbocycles. The molecule has 2 aliphatic rings. The fraction of sp³-hybridized carbons (Fsp3) is 0.519. The molecule has 2 heterocycles. The SMILES string of the molecule is C.Nc1ccc(OCCN2CCCC2)cc1.S=C=Nc1ccc(OCCN2CCCC2)cc1.[2H]C([3H])I. The molecule has 0 amide bonds. The quantitative estimate of drug-likeness (QED) is 0.117. The third-order valence-electron chi connectivity index (χ3n) is 5.64. The molecule has 0 aromatic heterocycles. The Bertz CT molecular complexity index is 886. The average molecular weight is 616 g/mol. The largest absolute Gasteiger partial charge is 0.492 e. The van der Waals surface area contributed by atoms with Gasteiger partial charge in [-0.05, 0) is 117 Å². The molecule has 2 saturated heterocycles. The number of hydrogen-bond acceptors (Lipinski definition) is 7. The summed E-state index contributed by atoms with van der Waals surface area (Å²) in [4.78, 5) is 8.07. The number of nitrogens with two attached hydrogens (primary N) is 1. The predicted molar refractivity (Wildman–Crippen MR) is 161 cm³/mol. The van der Waals surface area contributed by atoms with E-state index in [9.17, 15) is 0 Å². The van der Waals surface area contributed by atoms with Gasteiger partial charge in [0.15, 0.2) is 0 Å². The molecular weight excluding hydrogens is 571 g/mol. The van der Waals surface area contributed by atoms with Gasteiger partial charge in [0, 0.05) is 21.5 Å². The number of anilines is 1. The summed E-state index contributed by atoms with van der Waals surface area (Å²) >= 11 is 6.22. The van der Waals surface area contributed by atoms with E-state index in [1.165, 1.54) is 51.9 Å². The van der Waals surface area contributed by atoms with Gasteiger partial charge < -0.3 is 15.2 Å². The fourth-order valence-corrected chi connectivity index (χ4v) is 3.94. The third kappa shape index (κ3) is 13.2. The number of alkyl halides is 1. The van der Waals surface area contributed by atoms with E-state index in [4.69, 9.17) is 17.9 Å². The van der Waals surface area contributed by atoms with E-state index in [2.05, 4.69) is 32.2 Å². The maximum absolute atomic E-state index is 6.24. The molecule has 4 rings (SSSR count). The highest BCUT2D eigenvalue weighted by atomic mass is 127. The number of halogens is 1. The Balaban J connectivity index is 0.000000318. The Morgan fingerprint density at radius 1 is 0.943 bits per heavy atom. The molecule has 0 bridgehead atoms. The zero-order valence-electron chi connectivity index (χ0n) is 21.7. The first-order chi connectivity index (χ1) is 17.5. The minimum Gasteiger partial charge on any atom is -0.492 e. The lowest BCUT2D eigenvalue weighted by Gasteiger charge is -2.14. The number of likely N-dealkylation sites (tertiary alicyclic amines) is 2. The maximum atomic E-state index is 6.24. The van der Waals surface area contributed by atoms with Crippen LogP contribution in [0.15, 0.2) is 53.5 Å². The summed E-state index contributed by atoms with van der Waals surface area (Å²) in [5.74, 6) is 1.79. The van der Waals surface area contributed by atoms with Crippen molar-refractivity contribution in [3.05, 3.63) is 48.5 Å². The van der Waals surface area contributed by atoms with Gasteiger partial charge in [0.2, 0.25) is 0 Å². The highest BCUT2D eigenvalue weighted by molar-refractivity contribution is 14.1. The number of hydrogen-bond donors (Lipinski definition) is 1. The molecule has 2 N–H and O–H groups in total. The van der Waals surface area contributed by atoms with Gasteiger partial charge in [0.05, 0.1) is 10.8 Å². The number of benzene rings is 2. The number of aliphatic imine (C=N–C) groups is 1. The van der Waals surface area contributed by atoms with Crippen molar-refractivity contribution in [1.29, 1.82) is 0 Å². The van der Waals surface area contributed by atoms with Crippen molar-refractivity contribution in [2.45, 2.75) is 33.1 Å². The normalized spacial score (nSPS) is 16.6. The molecule has 0 spiro atoms. The topological polar surface area (TPSA) is 63.3 Å². The second kappa shape index (κ2) is 19.5. The van der Waals surface area contributed by atoms with Gasteiger partial charge in [-0.3, -0.25) is 9.80 Å². The maximum Gasteiger partial charge on any atom is 0.119 e. The zero-order chi connectivity index (χ0) is 26.0. The third-order valence-corrected chi connectivity index (χ3v) is 5.73. The molecule has 8 heteroatoms. The van der Waals surface area contributed by atoms with E-state index >= 15 is 0 Å². The first kappa shape index (κ1) is 27.9. The van der Waals surface area contributed by atoms with Gasteiger partial charge in [-0.25, -0.2) is 0 Å². The summed E-state index contributed by atoms with van der Waals surface area (Å²) in [7, 11) is 0. The fourth-order valence-electron chi connectivity index (χ4n) is 3.83. The highest BCUT2D eigenvalue weighted by Gasteiger charge is 2.11. The monoisotopic (exact) mass is 615 g/mol. The number of rotatable bonds is 9. The first-order valence-electron chi connectivity index (χ1n) is 12.8. The molecule has 0 saturated carbocycles. The molecule has 6 nitrogen and oxygen atoms in total. The van der Waals surface area contributed by atoms with Crippen LogP contribution in [0.2, 0.25) is 0 Å². The van der Waals surface area contributed by atoms with Crippen LogP contribution in [0.5, 0.6) is 11.5 Å². The van der Waals surface area contributed by atoms with Crippen molar-refractivity contribution in [3.63, 3.8) is 0 Å². The molecule has 2 fully saturated rings. The van der Waals surface area contributed by atoms with Gasteiger partial charge in [0.1, 0.15) is 24.7 Å². The van der Waals surface area contributed by atoms with Crippen molar-refractivity contribution in [3.8, 4) is 11.5 Å². The summed E-state index contributed by atoms with van der Waals surface area (Å²) in [5, 5.41) is 2.34. The van der Waals surface area contributed by atoms with Gasteiger partial charge in [-0.1, -0.05) is 30.0 Å². The Morgan fingerprint density at radius 3 is 1.74 bits per heavy atom. The van der Waals surface area contributed by atoms with Crippen LogP contribution < -0.4 is 15.2 Å². The molecule has 0 radical (unpaired) electrons. The van der Waals surface area contributed by atoms with Crippen LogP contribution in [-0.2, 0) is 0 Å². The van der Waals surface area contributed by atoms with Crippen LogP contribution in [0.1, 0.15) is 35.9 Å². The molecular formula is C27H41IN4O2S. The van der Waals surface area contributed by atoms with Crippen molar-refractivity contribution >= 4 is 51.3 Å². The molecule has 1 atom stereocenters. The molecule has 194 valence electrons. The zero-order valence-corrected chi connectivity index (χ0v) is 22.7. The molecule has 1 unspecified atom stereocenters. The Kier molecular flexibility index (Phi) is 15.5. The lowest BCUT2D eigenvalue weighted by molar-refractivity contribution is 0.237. The van der Waals surface area contributed by atoms with Crippen LogP contribution >= 0.6 is 34.8 Å². The van der Waals surface area contributed by atoms with Gasteiger partial charge >= 0.3 is 0 Å². The number of nitrogens with zero attached hydrogens (tertiary/aromatic N) is 3. The highest BCUT2D eigenvalue weighted by Crippen LogP contribution is 2.18. The van der Waals surface area contributed by atoms with Crippen LogP contribution in [0.3, 0.4) is 0 Å². The van der Waals surface area contributed by atoms with Crippen molar-refractivity contribution in [2.75, 3.05) is 63.1 Å². The van der Waals surface area contributed by atoms with E-state index in [-0.39, 0.29) is 7.43 Å². The number of ether oxygens (including phenoxy) is 2. The second-order valence-electron chi connectivity index (χ2n) is 8.06. The van der Waals surface area contributed by atoms with Gasteiger partial charge in [-0.15, -0.1) is 0 Å². The molecule has 2 aliphatic heterocycles. The summed E-state index contributed by atoms with van der Waals surface area (Å²) < 4.78 is 23.8. The summed E-state index contributed by atoms with van der Waals surface area (Å²) in [5.41, 5.74) is 7.18. The Morgan fingerprint density at radius 2 is 1.34 bits per heavy atom. The lowest BCUT2D eigenvalue weighted by Crippen LogP contribution is -2.25. The minimum atomic E-state index is -0.697. The van der Waals surface area contributed by atoms with Crippen LogP contribution in [-0.4, -0.2) is 72.3 Å². The minimum absolute atomic E-state index is 0. The van der Waals surface area contributed by atoms with E-state index in [1.807, 2.05) is 48.5 Å². The standard InChI is InChI=1S/C13H16N2OS.C12H18N2O.CH3I.CH4/c17-11-14-12-3-5-13(6-4-12)16-10-9-15-7-1-2-8-15;13-11-3-5-12(6-4-11)15-10-9-14-7-1-2-8-14;1-2;/h3-6H,1-2,7-10H2;3-6H,1-2,7-10,13H2;1H3;1H4/i;;1TD;. The van der Waals surface area contributed by atoms with E-state index in [0.717, 1.165) is 49.2 Å². The number of thiocarbonyl (C=S) groups is 1. The Hall–Kier alpha value is -1.71. The van der Waals surface area contributed by atoms with Crippen molar-refractivity contribution in [1.82, 2.24) is 9.80 Å². The van der Waals surface area contributed by atoms with Gasteiger partial charge in [-0.2, -0.15) is 4.99 Å². The average Bonchev–Trinajstić information content (AvgIpc) is 3.57. The Labute approximate surface area is 233 Å². The smallest absolute Gasteiger partial charge is 0.119 e. The van der Waals surface area contributed by atoms with Crippen LogP contribution in [0.4, 0.5) is 11.4 Å². The number of isothiocyanates is 1. The van der Waals surface area contributed by atoms with Gasteiger partial charge in [0.25, 0.3) is 0 Å². The van der Waals surface area contributed by atoms with E-state index in [1.54, 1.807) is 22.6 Å². The second-order valence-corrected chi connectivity index (χ2v) is 8.24. The van der Waals surface area contributed by atoms with Crippen LogP contribution in [0.25, 0.3) is 0 Å². The van der Waals surface area contributed by atoms with E-state index in [0.29, 0.717) is 0 Å².